The van der Waals surface area contributed by atoms with Gasteiger partial charge >= 0.3 is 5.97 Å². The van der Waals surface area contributed by atoms with Crippen molar-refractivity contribution in [1.82, 2.24) is 0 Å². The molecule has 0 spiro atoms. The Balaban J connectivity index is 3.35. The van der Waals surface area contributed by atoms with Gasteiger partial charge in [-0.05, 0) is 25.1 Å². The summed E-state index contributed by atoms with van der Waals surface area (Å²) in [6, 6.07) is 3.75. The monoisotopic (exact) mass is 244 g/mol. The van der Waals surface area contributed by atoms with Crippen LogP contribution in [-0.2, 0) is 14.8 Å². The van der Waals surface area contributed by atoms with Gasteiger partial charge in [-0.15, -0.1) is 0 Å². The molecule has 0 aliphatic rings. The summed E-state index contributed by atoms with van der Waals surface area (Å²) in [5.41, 5.74) is 5.57. The first-order valence-electron chi connectivity index (χ1n) is 4.45. The third-order valence-electron chi connectivity index (χ3n) is 1.81. The van der Waals surface area contributed by atoms with Gasteiger partial charge in [0, 0.05) is 5.69 Å². The lowest BCUT2D eigenvalue weighted by molar-refractivity contribution is 0.0522. The molecule has 0 aliphatic heterocycles. The summed E-state index contributed by atoms with van der Waals surface area (Å²) < 4.78 is 27.1. The highest BCUT2D eigenvalue weighted by molar-refractivity contribution is 7.89. The molecule has 6 nitrogen and oxygen atoms in total. The van der Waals surface area contributed by atoms with Crippen molar-refractivity contribution in [1.29, 1.82) is 0 Å². The molecule has 0 saturated carbocycles. The topological polar surface area (TPSA) is 112 Å². The van der Waals surface area contributed by atoms with E-state index in [1.54, 1.807) is 6.92 Å². The molecule has 1 rings (SSSR count). The highest BCUT2D eigenvalue weighted by atomic mass is 32.2. The Morgan fingerprint density at radius 2 is 2.06 bits per heavy atom. The summed E-state index contributed by atoms with van der Waals surface area (Å²) in [5, 5.41) is 4.97. The normalized spacial score (nSPS) is 11.1. The number of ether oxygens (including phenoxy) is 1. The van der Waals surface area contributed by atoms with Crippen molar-refractivity contribution in [2.45, 2.75) is 11.8 Å². The third kappa shape index (κ3) is 2.71. The van der Waals surface area contributed by atoms with Gasteiger partial charge in [0.1, 0.15) is 0 Å². The van der Waals surface area contributed by atoms with Crippen LogP contribution in [0.4, 0.5) is 5.69 Å². The fourth-order valence-electron chi connectivity index (χ4n) is 1.16. The first-order chi connectivity index (χ1) is 7.36. The number of hydrogen-bond donors (Lipinski definition) is 2. The van der Waals surface area contributed by atoms with Crippen LogP contribution in [0.2, 0.25) is 0 Å². The minimum Gasteiger partial charge on any atom is -0.462 e. The smallest absolute Gasteiger partial charge is 0.339 e. The summed E-state index contributed by atoms with van der Waals surface area (Å²) in [7, 11) is -3.97. The Labute approximate surface area is 93.2 Å². The van der Waals surface area contributed by atoms with Crippen LogP contribution >= 0.6 is 0 Å². The summed E-state index contributed by atoms with van der Waals surface area (Å²) in [6.07, 6.45) is 0. The molecule has 0 saturated heterocycles. The average Bonchev–Trinajstić information content (AvgIpc) is 2.16. The molecule has 0 unspecified atom stereocenters. The van der Waals surface area contributed by atoms with Crippen LogP contribution in [0, 0.1) is 0 Å². The molecule has 0 bridgehead atoms. The fraction of sp³-hybridized carbons (Fsp3) is 0.222. The number of rotatable bonds is 3. The number of primary sulfonamides is 1. The predicted octanol–water partition coefficient (Wildman–Crippen LogP) is 0.0929. The van der Waals surface area contributed by atoms with Gasteiger partial charge in [-0.25, -0.2) is 18.4 Å². The van der Waals surface area contributed by atoms with Crippen LogP contribution in [0.5, 0.6) is 0 Å². The third-order valence-corrected chi connectivity index (χ3v) is 2.77. The lowest BCUT2D eigenvalue weighted by atomic mass is 10.2. The highest BCUT2D eigenvalue weighted by Crippen LogP contribution is 2.18. The molecule has 7 heteroatoms. The molecular formula is C9H12N2O4S. The van der Waals surface area contributed by atoms with E-state index in [4.69, 9.17) is 15.6 Å². The number of hydrogen-bond acceptors (Lipinski definition) is 5. The lowest BCUT2D eigenvalue weighted by Crippen LogP contribution is -2.18. The van der Waals surface area contributed by atoms with Crippen molar-refractivity contribution in [3.8, 4) is 0 Å². The fourth-order valence-corrected chi connectivity index (χ4v) is 1.87. The van der Waals surface area contributed by atoms with Gasteiger partial charge in [-0.3, -0.25) is 0 Å². The average molecular weight is 244 g/mol. The minimum atomic E-state index is -3.97. The summed E-state index contributed by atoms with van der Waals surface area (Å²) in [5.74, 6) is -0.765. The van der Waals surface area contributed by atoms with Crippen LogP contribution < -0.4 is 10.9 Å². The largest absolute Gasteiger partial charge is 0.462 e. The molecule has 1 aromatic rings. The molecule has 0 aliphatic carbocycles. The number of nitrogens with two attached hydrogens (primary N) is 2. The van der Waals surface area contributed by atoms with Gasteiger partial charge in [0.2, 0.25) is 10.0 Å². The maximum atomic E-state index is 11.5. The number of carbonyl (C=O) groups is 1. The van der Waals surface area contributed by atoms with E-state index in [2.05, 4.69) is 0 Å². The SMILES string of the molecule is CCOC(=O)c1cc(N)ccc1S(N)(=O)=O. The van der Waals surface area contributed by atoms with Gasteiger partial charge in [0.15, 0.2) is 0 Å². The molecule has 4 N–H and O–H groups in total. The molecule has 88 valence electrons. The summed E-state index contributed by atoms with van der Waals surface area (Å²) in [6.45, 7) is 1.75. The van der Waals surface area contributed by atoms with Gasteiger partial charge in [0.25, 0.3) is 0 Å². The molecule has 1 aromatic carbocycles. The maximum Gasteiger partial charge on any atom is 0.339 e. The molecule has 0 fully saturated rings. The molecular weight excluding hydrogens is 232 g/mol. The number of sulfonamides is 1. The zero-order valence-corrected chi connectivity index (χ0v) is 9.45. The van der Waals surface area contributed by atoms with E-state index >= 15 is 0 Å². The van der Waals surface area contributed by atoms with Crippen molar-refractivity contribution >= 4 is 21.7 Å². The van der Waals surface area contributed by atoms with Crippen LogP contribution in [0.1, 0.15) is 17.3 Å². The Morgan fingerprint density at radius 3 is 2.56 bits per heavy atom. The van der Waals surface area contributed by atoms with Crippen LogP contribution in [-0.4, -0.2) is 21.0 Å². The van der Waals surface area contributed by atoms with E-state index in [-0.39, 0.29) is 22.8 Å². The van der Waals surface area contributed by atoms with Crippen LogP contribution in [0.15, 0.2) is 23.1 Å². The van der Waals surface area contributed by atoms with E-state index < -0.39 is 16.0 Å². The van der Waals surface area contributed by atoms with Crippen molar-refractivity contribution in [3.63, 3.8) is 0 Å². The highest BCUT2D eigenvalue weighted by Gasteiger charge is 2.20. The first kappa shape index (κ1) is 12.5. The number of carbonyl (C=O) groups excluding carboxylic acids is 1. The maximum absolute atomic E-state index is 11.5. The number of anilines is 1. The van der Waals surface area contributed by atoms with Crippen LogP contribution in [0.25, 0.3) is 0 Å². The first-order valence-corrected chi connectivity index (χ1v) is 6.00. The number of benzene rings is 1. The van der Waals surface area contributed by atoms with Crippen molar-refractivity contribution in [2.75, 3.05) is 12.3 Å². The van der Waals surface area contributed by atoms with Gasteiger partial charge < -0.3 is 10.5 Å². The number of nitrogen functional groups attached to an aromatic ring is 1. The molecule has 0 aromatic heterocycles. The molecule has 16 heavy (non-hydrogen) atoms. The van der Waals surface area contributed by atoms with Crippen molar-refractivity contribution < 1.29 is 17.9 Å². The van der Waals surface area contributed by atoms with Gasteiger partial charge in [0.05, 0.1) is 17.1 Å². The summed E-state index contributed by atoms with van der Waals surface area (Å²) >= 11 is 0. The minimum absolute atomic E-state index is 0.137. The molecule has 0 amide bonds. The second-order valence-corrected chi connectivity index (χ2v) is 4.55. The molecule has 0 radical (unpaired) electrons. The quantitative estimate of drug-likeness (QED) is 0.578. The van der Waals surface area contributed by atoms with Gasteiger partial charge in [-0.2, -0.15) is 0 Å². The Bertz CT molecular complexity index is 510. The van der Waals surface area contributed by atoms with Crippen molar-refractivity contribution in [3.05, 3.63) is 23.8 Å². The Hall–Kier alpha value is -1.60. The predicted molar refractivity (Wildman–Crippen MR) is 58.2 cm³/mol. The van der Waals surface area contributed by atoms with E-state index in [0.717, 1.165) is 0 Å². The van der Waals surface area contributed by atoms with E-state index in [1.807, 2.05) is 0 Å². The van der Waals surface area contributed by atoms with E-state index in [9.17, 15) is 13.2 Å². The second kappa shape index (κ2) is 4.50. The number of esters is 1. The zero-order chi connectivity index (χ0) is 12.3. The zero-order valence-electron chi connectivity index (χ0n) is 8.64. The molecule has 0 heterocycles. The standard InChI is InChI=1S/C9H12N2O4S/c1-2-15-9(12)7-5-6(10)3-4-8(7)16(11,13)14/h3-5H,2,10H2,1H3,(H2,11,13,14). The lowest BCUT2D eigenvalue weighted by Gasteiger charge is -2.07. The van der Waals surface area contributed by atoms with Crippen molar-refractivity contribution in [2.24, 2.45) is 5.14 Å². The summed E-state index contributed by atoms with van der Waals surface area (Å²) in [4.78, 5) is 11.2. The molecule has 0 atom stereocenters. The van der Waals surface area contributed by atoms with E-state index in [0.29, 0.717) is 0 Å². The van der Waals surface area contributed by atoms with E-state index in [1.165, 1.54) is 18.2 Å². The Kier molecular flexibility index (Phi) is 3.51. The van der Waals surface area contributed by atoms with Crippen LogP contribution in [0.3, 0.4) is 0 Å². The Morgan fingerprint density at radius 1 is 1.44 bits per heavy atom. The van der Waals surface area contributed by atoms with Gasteiger partial charge in [-0.1, -0.05) is 0 Å². The second-order valence-electron chi connectivity index (χ2n) is 3.02.